The van der Waals surface area contributed by atoms with Gasteiger partial charge in [0, 0.05) is 5.69 Å². The third-order valence-electron chi connectivity index (χ3n) is 8.06. The topological polar surface area (TPSA) is 108 Å². The Morgan fingerprint density at radius 1 is 1.11 bits per heavy atom. The number of para-hydroxylation sites is 2. The van der Waals surface area contributed by atoms with Gasteiger partial charge in [-0.3, -0.25) is 14.4 Å². The predicted octanol–water partition coefficient (Wildman–Crippen LogP) is 3.45. The molecule has 1 spiro atoms. The molecule has 3 aliphatic rings. The summed E-state index contributed by atoms with van der Waals surface area (Å²) in [5.41, 5.74) is -0.981. The number of fused-ring (bicyclic) bond motifs is 1. The number of benzene rings is 2. The molecule has 0 aliphatic carbocycles. The summed E-state index contributed by atoms with van der Waals surface area (Å²) in [4.78, 5) is 42.9. The molecular weight excluding hydrogens is 482 g/mol. The van der Waals surface area contributed by atoms with E-state index in [0.29, 0.717) is 35.7 Å². The van der Waals surface area contributed by atoms with Crippen LogP contribution in [0.3, 0.4) is 0 Å². The molecule has 0 radical (unpaired) electrons. The van der Waals surface area contributed by atoms with Gasteiger partial charge < -0.3 is 25.4 Å². The van der Waals surface area contributed by atoms with E-state index in [0.717, 1.165) is 0 Å². The van der Waals surface area contributed by atoms with Crippen LogP contribution in [0.1, 0.15) is 33.1 Å². The van der Waals surface area contributed by atoms with Crippen molar-refractivity contribution in [3.8, 4) is 0 Å². The minimum absolute atomic E-state index is 0.299. The summed E-state index contributed by atoms with van der Waals surface area (Å²) in [5, 5.41) is 16.2. The normalized spacial score (nSPS) is 31.3. The number of carbonyl (C=O) groups is 3. The van der Waals surface area contributed by atoms with Gasteiger partial charge in [0.25, 0.3) is 0 Å². The smallest absolute Gasteiger partial charge is 0.250 e. The van der Waals surface area contributed by atoms with Gasteiger partial charge in [-0.25, -0.2) is 0 Å². The highest BCUT2D eigenvalue weighted by Gasteiger charge is 2.79. The first-order valence-corrected chi connectivity index (χ1v) is 12.7. The third kappa shape index (κ3) is 3.62. The van der Waals surface area contributed by atoms with Gasteiger partial charge in [-0.15, -0.1) is 0 Å². The highest BCUT2D eigenvalue weighted by Crippen LogP contribution is 2.64. The number of aliphatic hydroxyl groups is 1. The van der Waals surface area contributed by atoms with Crippen LogP contribution in [-0.4, -0.2) is 57.6 Å². The van der Waals surface area contributed by atoms with Gasteiger partial charge in [0.15, 0.2) is 0 Å². The number of carbonyl (C=O) groups excluding carboxylic acids is 3. The number of ether oxygens (including phenoxy) is 1. The summed E-state index contributed by atoms with van der Waals surface area (Å²) >= 11 is 6.28. The predicted molar refractivity (Wildman–Crippen MR) is 135 cm³/mol. The minimum atomic E-state index is -1.18. The molecule has 9 heteroatoms. The molecule has 0 saturated carbocycles. The summed E-state index contributed by atoms with van der Waals surface area (Å²) in [6.45, 7) is 3.30. The zero-order chi connectivity index (χ0) is 25.7. The first-order valence-electron chi connectivity index (χ1n) is 12.3. The molecule has 8 nitrogen and oxygen atoms in total. The summed E-state index contributed by atoms with van der Waals surface area (Å²) in [6.07, 6.45) is 1.54. The summed E-state index contributed by atoms with van der Waals surface area (Å²) in [6, 6.07) is 14.3. The van der Waals surface area contributed by atoms with Crippen molar-refractivity contribution in [2.24, 2.45) is 11.8 Å². The van der Waals surface area contributed by atoms with Crippen LogP contribution in [0.2, 0.25) is 5.02 Å². The summed E-state index contributed by atoms with van der Waals surface area (Å²) in [5.74, 6) is -2.71. The largest absolute Gasteiger partial charge is 0.394 e. The second-order valence-electron chi connectivity index (χ2n) is 9.93. The van der Waals surface area contributed by atoms with Gasteiger partial charge in [-0.2, -0.15) is 0 Å². The molecule has 190 valence electrons. The van der Waals surface area contributed by atoms with Crippen LogP contribution in [0.15, 0.2) is 54.6 Å². The Balaban J connectivity index is 1.55. The van der Waals surface area contributed by atoms with Crippen molar-refractivity contribution in [3.63, 3.8) is 0 Å². The maximum Gasteiger partial charge on any atom is 0.250 e. The number of hydrogen-bond donors (Lipinski definition) is 3. The van der Waals surface area contributed by atoms with Crippen LogP contribution in [0.5, 0.6) is 0 Å². The highest BCUT2D eigenvalue weighted by atomic mass is 35.5. The van der Waals surface area contributed by atoms with Crippen molar-refractivity contribution in [1.29, 1.82) is 0 Å². The Kier molecular flexibility index (Phi) is 6.31. The zero-order valence-corrected chi connectivity index (χ0v) is 21.0. The molecule has 3 saturated heterocycles. The van der Waals surface area contributed by atoms with Crippen LogP contribution >= 0.6 is 11.6 Å². The van der Waals surface area contributed by atoms with E-state index in [-0.39, 0.29) is 18.4 Å². The number of aliphatic hydroxyl groups excluding tert-OH is 1. The lowest BCUT2D eigenvalue weighted by atomic mass is 9.65. The van der Waals surface area contributed by atoms with E-state index in [2.05, 4.69) is 10.6 Å². The van der Waals surface area contributed by atoms with E-state index in [1.54, 1.807) is 43.3 Å². The number of hydrogen-bond acceptors (Lipinski definition) is 5. The Morgan fingerprint density at radius 2 is 1.81 bits per heavy atom. The van der Waals surface area contributed by atoms with Crippen LogP contribution in [0, 0.1) is 11.8 Å². The van der Waals surface area contributed by atoms with Crippen LogP contribution < -0.4 is 10.6 Å². The number of amides is 3. The number of halogens is 1. The van der Waals surface area contributed by atoms with Crippen LogP contribution in [0.4, 0.5) is 11.4 Å². The lowest BCUT2D eigenvalue weighted by Gasteiger charge is -2.36. The fourth-order valence-electron chi connectivity index (χ4n) is 6.42. The van der Waals surface area contributed by atoms with E-state index >= 15 is 0 Å². The maximum atomic E-state index is 14.0. The number of rotatable bonds is 7. The van der Waals surface area contributed by atoms with Gasteiger partial charge >= 0.3 is 0 Å². The molecule has 3 heterocycles. The minimum Gasteiger partial charge on any atom is -0.394 e. The molecule has 2 aromatic rings. The Morgan fingerprint density at radius 3 is 2.47 bits per heavy atom. The number of nitrogens with zero attached hydrogens (tertiary/aromatic N) is 1. The molecule has 3 N–H and O–H groups in total. The fourth-order valence-corrected chi connectivity index (χ4v) is 6.60. The summed E-state index contributed by atoms with van der Waals surface area (Å²) < 4.78 is 6.69. The molecule has 2 unspecified atom stereocenters. The van der Waals surface area contributed by atoms with Gasteiger partial charge in [-0.05, 0) is 50.5 Å². The lowest BCUT2D eigenvalue weighted by molar-refractivity contribution is -0.147. The Labute approximate surface area is 215 Å². The average Bonchev–Trinajstić information content (AvgIpc) is 3.49. The molecule has 3 aliphatic heterocycles. The maximum absolute atomic E-state index is 14.0. The molecule has 5 rings (SSSR count). The quantitative estimate of drug-likeness (QED) is 0.527. The Bertz CT molecular complexity index is 1190. The van der Waals surface area contributed by atoms with E-state index in [4.69, 9.17) is 16.3 Å². The first kappa shape index (κ1) is 24.7. The second-order valence-corrected chi connectivity index (χ2v) is 10.3. The summed E-state index contributed by atoms with van der Waals surface area (Å²) in [7, 11) is 0. The first-order chi connectivity index (χ1) is 17.3. The van der Waals surface area contributed by atoms with E-state index in [1.165, 1.54) is 4.90 Å². The average molecular weight is 512 g/mol. The van der Waals surface area contributed by atoms with Crippen molar-refractivity contribution >= 4 is 40.7 Å². The van der Waals surface area contributed by atoms with Gasteiger partial charge in [-0.1, -0.05) is 48.9 Å². The van der Waals surface area contributed by atoms with E-state index < -0.39 is 41.0 Å². The SMILES string of the molecule is CC[C@]12CCC3(O1)C(C(=O)Nc1ccccc1Cl)N([C@H](C)CO)C(=O)[C@@H]3[C@H]2C(=O)Nc1ccccc1. The van der Waals surface area contributed by atoms with Crippen molar-refractivity contribution < 1.29 is 24.2 Å². The molecule has 6 atom stereocenters. The number of nitrogens with one attached hydrogen (secondary N) is 2. The van der Waals surface area contributed by atoms with Crippen molar-refractivity contribution in [2.75, 3.05) is 17.2 Å². The highest BCUT2D eigenvalue weighted by molar-refractivity contribution is 6.33. The van der Waals surface area contributed by atoms with Gasteiger partial charge in [0.1, 0.15) is 11.6 Å². The van der Waals surface area contributed by atoms with Crippen molar-refractivity contribution in [1.82, 2.24) is 4.90 Å². The standard InChI is InChI=1S/C27H30ClN3O5/c1-3-26-13-14-27(36-26)21(20(26)23(33)29-17-9-5-4-6-10-17)25(35)31(16(2)15-32)22(27)24(34)30-19-12-8-7-11-18(19)28/h4-12,16,20-22,32H,3,13-15H2,1-2H3,(H,29,33)(H,30,34)/t16-,20+,21+,22?,26-,27?/m1/s1. The van der Waals surface area contributed by atoms with Crippen molar-refractivity contribution in [3.05, 3.63) is 59.6 Å². The van der Waals surface area contributed by atoms with Gasteiger partial charge in [0.2, 0.25) is 17.7 Å². The molecule has 0 aromatic heterocycles. The second kappa shape index (κ2) is 9.18. The van der Waals surface area contributed by atoms with Crippen LogP contribution in [0.25, 0.3) is 0 Å². The Hall–Kier alpha value is -2.94. The molecule has 36 heavy (non-hydrogen) atoms. The molecule has 2 aromatic carbocycles. The molecule has 3 amide bonds. The molecule has 2 bridgehead atoms. The zero-order valence-electron chi connectivity index (χ0n) is 20.2. The van der Waals surface area contributed by atoms with Crippen LogP contribution in [-0.2, 0) is 19.1 Å². The lowest BCUT2D eigenvalue weighted by Crippen LogP contribution is -2.55. The van der Waals surface area contributed by atoms with Crippen molar-refractivity contribution in [2.45, 2.75) is 56.4 Å². The van der Waals surface area contributed by atoms with E-state index in [9.17, 15) is 19.5 Å². The molecular formula is C27H30ClN3O5. The number of anilines is 2. The molecule has 3 fully saturated rings. The monoisotopic (exact) mass is 511 g/mol. The fraction of sp³-hybridized carbons (Fsp3) is 0.444. The third-order valence-corrected chi connectivity index (χ3v) is 8.39. The van der Waals surface area contributed by atoms with E-state index in [1.807, 2.05) is 25.1 Å². The number of likely N-dealkylation sites (tertiary alicyclic amines) is 1. The van der Waals surface area contributed by atoms with Gasteiger partial charge in [0.05, 0.1) is 40.8 Å².